The van der Waals surface area contributed by atoms with Gasteiger partial charge < -0.3 is 15.2 Å². The van der Waals surface area contributed by atoms with Gasteiger partial charge in [0.15, 0.2) is 11.5 Å². The van der Waals surface area contributed by atoms with Crippen LogP contribution in [0, 0.1) is 0 Å². The van der Waals surface area contributed by atoms with E-state index in [0.717, 1.165) is 16.8 Å². The number of nitrogens with zero attached hydrogens (tertiary/aromatic N) is 1. The van der Waals surface area contributed by atoms with Gasteiger partial charge in [-0.25, -0.2) is 0 Å². The van der Waals surface area contributed by atoms with Gasteiger partial charge in [0.05, 0.1) is 23.4 Å². The molecule has 0 amide bonds. The van der Waals surface area contributed by atoms with E-state index >= 15 is 0 Å². The van der Waals surface area contributed by atoms with E-state index in [9.17, 15) is 0 Å². The average Bonchev–Trinajstić information content (AvgIpc) is 2.69. The fraction of sp³-hybridized carbons (Fsp3) is 0.227. The van der Waals surface area contributed by atoms with Crippen LogP contribution in [0.3, 0.4) is 0 Å². The van der Waals surface area contributed by atoms with Crippen LogP contribution in [0.25, 0.3) is 0 Å². The fourth-order valence-corrected chi connectivity index (χ4v) is 3.25. The minimum atomic E-state index is -0.229. The van der Waals surface area contributed by atoms with Crippen LogP contribution in [-0.2, 0) is 13.0 Å². The molecule has 6 heteroatoms. The van der Waals surface area contributed by atoms with Crippen molar-refractivity contribution in [2.45, 2.75) is 26.0 Å². The molecule has 146 valence electrons. The first-order valence-corrected chi connectivity index (χ1v) is 9.81. The van der Waals surface area contributed by atoms with Crippen LogP contribution < -0.4 is 15.2 Å². The molecule has 1 aromatic heterocycles. The Kier molecular flexibility index (Phi) is 7.15. The Labute approximate surface area is 175 Å². The molecule has 2 aromatic carbocycles. The highest BCUT2D eigenvalue weighted by atomic mass is 35.5. The number of aromatic nitrogens is 1. The summed E-state index contributed by atoms with van der Waals surface area (Å²) in [6, 6.07) is 16.8. The minimum Gasteiger partial charge on any atom is -0.490 e. The van der Waals surface area contributed by atoms with Gasteiger partial charge in [-0.15, -0.1) is 0 Å². The molecule has 0 saturated carbocycles. The molecule has 0 aliphatic carbocycles. The van der Waals surface area contributed by atoms with Crippen molar-refractivity contribution in [3.05, 3.63) is 87.7 Å². The summed E-state index contributed by atoms with van der Waals surface area (Å²) < 4.78 is 11.7. The summed E-state index contributed by atoms with van der Waals surface area (Å²) in [6.45, 7) is 2.79. The summed E-state index contributed by atoms with van der Waals surface area (Å²) >= 11 is 12.4. The summed E-state index contributed by atoms with van der Waals surface area (Å²) in [5.74, 6) is 1.13. The molecule has 1 atom stereocenters. The van der Waals surface area contributed by atoms with Gasteiger partial charge in [-0.05, 0) is 60.9 Å². The lowest BCUT2D eigenvalue weighted by atomic mass is 10.0. The highest BCUT2D eigenvalue weighted by Gasteiger charge is 2.16. The smallest absolute Gasteiger partial charge is 0.180 e. The standard InChI is InChI=1S/C22H22Cl2N2O2/c1-2-27-21-13-16(12-19(25)20-5-3-4-10-26-20)11-18(24)22(21)28-14-15-6-8-17(23)9-7-15/h3-11,13,19H,2,12,14,25H2,1H3. The van der Waals surface area contributed by atoms with Crippen molar-refractivity contribution in [1.29, 1.82) is 0 Å². The zero-order valence-electron chi connectivity index (χ0n) is 15.6. The van der Waals surface area contributed by atoms with Crippen LogP contribution in [-0.4, -0.2) is 11.6 Å². The van der Waals surface area contributed by atoms with Crippen molar-refractivity contribution in [2.24, 2.45) is 5.73 Å². The van der Waals surface area contributed by atoms with Crippen molar-refractivity contribution in [3.8, 4) is 11.5 Å². The Morgan fingerprint density at radius 1 is 1.00 bits per heavy atom. The first-order chi connectivity index (χ1) is 13.6. The third-order valence-corrected chi connectivity index (χ3v) is 4.72. The van der Waals surface area contributed by atoms with Crippen molar-refractivity contribution in [3.63, 3.8) is 0 Å². The number of nitrogens with two attached hydrogens (primary N) is 1. The molecule has 0 radical (unpaired) electrons. The molecule has 2 N–H and O–H groups in total. The third-order valence-electron chi connectivity index (χ3n) is 4.19. The second-order valence-electron chi connectivity index (χ2n) is 6.32. The second kappa shape index (κ2) is 9.78. The third kappa shape index (κ3) is 5.38. The first-order valence-electron chi connectivity index (χ1n) is 9.05. The Morgan fingerprint density at radius 2 is 1.79 bits per heavy atom. The lowest BCUT2D eigenvalue weighted by Gasteiger charge is -2.17. The molecular weight excluding hydrogens is 395 g/mol. The molecule has 1 heterocycles. The van der Waals surface area contributed by atoms with Gasteiger partial charge in [0.1, 0.15) is 6.61 Å². The zero-order chi connectivity index (χ0) is 19.9. The van der Waals surface area contributed by atoms with Crippen molar-refractivity contribution >= 4 is 23.2 Å². The normalized spacial score (nSPS) is 11.9. The number of hydrogen-bond donors (Lipinski definition) is 1. The maximum atomic E-state index is 6.51. The summed E-state index contributed by atoms with van der Waals surface area (Å²) in [5.41, 5.74) is 9.08. The van der Waals surface area contributed by atoms with Gasteiger partial charge >= 0.3 is 0 Å². The molecule has 3 aromatic rings. The van der Waals surface area contributed by atoms with Crippen LogP contribution in [0.5, 0.6) is 11.5 Å². The second-order valence-corrected chi connectivity index (χ2v) is 7.16. The quantitative estimate of drug-likeness (QED) is 0.518. The number of hydrogen-bond acceptors (Lipinski definition) is 4. The van der Waals surface area contributed by atoms with E-state index in [1.807, 2.05) is 61.5 Å². The molecule has 0 saturated heterocycles. The predicted octanol–water partition coefficient (Wildman–Crippen LogP) is 5.61. The van der Waals surface area contributed by atoms with Crippen LogP contribution in [0.2, 0.25) is 10.0 Å². The molecule has 1 unspecified atom stereocenters. The highest BCUT2D eigenvalue weighted by molar-refractivity contribution is 6.32. The number of pyridine rings is 1. The van der Waals surface area contributed by atoms with E-state index in [1.54, 1.807) is 6.20 Å². The van der Waals surface area contributed by atoms with E-state index in [1.165, 1.54) is 0 Å². The fourth-order valence-electron chi connectivity index (χ4n) is 2.83. The van der Waals surface area contributed by atoms with Gasteiger partial charge in [-0.3, -0.25) is 4.98 Å². The molecule has 0 bridgehead atoms. The van der Waals surface area contributed by atoms with E-state index in [-0.39, 0.29) is 6.04 Å². The maximum Gasteiger partial charge on any atom is 0.180 e. The number of ether oxygens (including phenoxy) is 2. The largest absolute Gasteiger partial charge is 0.490 e. The molecule has 3 rings (SSSR count). The molecule has 0 aliphatic heterocycles. The van der Waals surface area contributed by atoms with Gasteiger partial charge in [0.25, 0.3) is 0 Å². The van der Waals surface area contributed by atoms with Crippen LogP contribution in [0.1, 0.15) is 29.8 Å². The Bertz CT molecular complexity index is 902. The molecule has 0 spiro atoms. The number of benzene rings is 2. The molecule has 0 fully saturated rings. The Morgan fingerprint density at radius 3 is 2.46 bits per heavy atom. The van der Waals surface area contributed by atoms with Crippen LogP contribution in [0.4, 0.5) is 0 Å². The van der Waals surface area contributed by atoms with Crippen molar-refractivity contribution < 1.29 is 9.47 Å². The topological polar surface area (TPSA) is 57.4 Å². The SMILES string of the molecule is CCOc1cc(CC(N)c2ccccn2)cc(Cl)c1OCc1ccc(Cl)cc1. The van der Waals surface area contributed by atoms with Gasteiger partial charge in [-0.1, -0.05) is 41.4 Å². The van der Waals surface area contributed by atoms with E-state index in [4.69, 9.17) is 38.4 Å². The van der Waals surface area contributed by atoms with Crippen LogP contribution >= 0.6 is 23.2 Å². The number of rotatable bonds is 8. The summed E-state index contributed by atoms with van der Waals surface area (Å²) in [5, 5.41) is 1.17. The Hall–Kier alpha value is -2.27. The molecular formula is C22H22Cl2N2O2. The van der Waals surface area contributed by atoms with E-state index in [0.29, 0.717) is 41.2 Å². The first kappa shape index (κ1) is 20.5. The predicted molar refractivity (Wildman–Crippen MR) is 113 cm³/mol. The lowest BCUT2D eigenvalue weighted by molar-refractivity contribution is 0.269. The molecule has 4 nitrogen and oxygen atoms in total. The molecule has 0 aliphatic rings. The summed E-state index contributed by atoms with van der Waals surface area (Å²) in [6.07, 6.45) is 2.33. The summed E-state index contributed by atoms with van der Waals surface area (Å²) in [4.78, 5) is 4.32. The monoisotopic (exact) mass is 416 g/mol. The van der Waals surface area contributed by atoms with Crippen molar-refractivity contribution in [2.75, 3.05) is 6.61 Å². The minimum absolute atomic E-state index is 0.229. The lowest BCUT2D eigenvalue weighted by Crippen LogP contribution is -2.15. The van der Waals surface area contributed by atoms with Gasteiger partial charge in [0, 0.05) is 11.2 Å². The zero-order valence-corrected chi connectivity index (χ0v) is 17.1. The van der Waals surface area contributed by atoms with E-state index < -0.39 is 0 Å². The van der Waals surface area contributed by atoms with E-state index in [2.05, 4.69) is 4.98 Å². The number of halogens is 2. The highest BCUT2D eigenvalue weighted by Crippen LogP contribution is 2.38. The van der Waals surface area contributed by atoms with Gasteiger partial charge in [0.2, 0.25) is 0 Å². The van der Waals surface area contributed by atoms with Crippen molar-refractivity contribution in [1.82, 2.24) is 4.98 Å². The summed E-state index contributed by atoms with van der Waals surface area (Å²) in [7, 11) is 0. The maximum absolute atomic E-state index is 6.51. The molecule has 28 heavy (non-hydrogen) atoms. The Balaban J connectivity index is 1.78. The van der Waals surface area contributed by atoms with Crippen LogP contribution in [0.15, 0.2) is 60.8 Å². The van der Waals surface area contributed by atoms with Gasteiger partial charge in [-0.2, -0.15) is 0 Å². The average molecular weight is 417 g/mol.